The predicted molar refractivity (Wildman–Crippen MR) is 75.7 cm³/mol. The van der Waals surface area contributed by atoms with Gasteiger partial charge in [-0.2, -0.15) is 0 Å². The van der Waals surface area contributed by atoms with Gasteiger partial charge in [0.05, 0.1) is 5.69 Å². The molecule has 7 heteroatoms. The fourth-order valence-corrected chi connectivity index (χ4v) is 1.53. The monoisotopic (exact) mass is 274 g/mol. The van der Waals surface area contributed by atoms with Gasteiger partial charge in [0.15, 0.2) is 6.20 Å². The summed E-state index contributed by atoms with van der Waals surface area (Å²) in [6.45, 7) is 1.02. The van der Waals surface area contributed by atoms with Crippen LogP contribution in [0, 0.1) is 10.1 Å². The van der Waals surface area contributed by atoms with Gasteiger partial charge in [0, 0.05) is 18.3 Å². The van der Waals surface area contributed by atoms with Crippen molar-refractivity contribution in [3.8, 4) is 5.75 Å². The number of ether oxygens (including phenoxy) is 1. The summed E-state index contributed by atoms with van der Waals surface area (Å²) >= 11 is 0. The summed E-state index contributed by atoms with van der Waals surface area (Å²) in [5, 5.41) is 13.5. The van der Waals surface area contributed by atoms with Crippen molar-refractivity contribution in [1.29, 1.82) is 0 Å². The summed E-state index contributed by atoms with van der Waals surface area (Å²) in [5.74, 6) is 0.566. The predicted octanol–water partition coefficient (Wildman–Crippen LogP) is 2.06. The number of nitrogens with two attached hydrogens (primary N) is 1. The Balaban J connectivity index is 1.75. The van der Waals surface area contributed by atoms with Gasteiger partial charge >= 0.3 is 5.82 Å². The number of aromatic nitrogens is 1. The lowest BCUT2D eigenvalue weighted by Gasteiger charge is -2.07. The normalized spacial score (nSPS) is 10.0. The van der Waals surface area contributed by atoms with Gasteiger partial charge < -0.3 is 25.9 Å². The molecule has 0 saturated heterocycles. The van der Waals surface area contributed by atoms with Crippen molar-refractivity contribution >= 4 is 17.2 Å². The molecule has 0 atom stereocenters. The molecular weight excluding hydrogens is 260 g/mol. The van der Waals surface area contributed by atoms with E-state index in [1.54, 1.807) is 30.3 Å². The van der Waals surface area contributed by atoms with Gasteiger partial charge in [-0.3, -0.25) is 0 Å². The highest BCUT2D eigenvalue weighted by molar-refractivity contribution is 5.43. The maximum Gasteiger partial charge on any atom is 0.363 e. The Bertz CT molecular complexity index is 569. The minimum atomic E-state index is -0.534. The highest BCUT2D eigenvalue weighted by Crippen LogP contribution is 2.13. The van der Waals surface area contributed by atoms with E-state index in [9.17, 15) is 10.1 Å². The molecule has 2 aromatic rings. The van der Waals surface area contributed by atoms with Crippen molar-refractivity contribution in [3.05, 3.63) is 52.7 Å². The molecule has 0 amide bonds. The number of nitrogen functional groups attached to an aromatic ring is 1. The summed E-state index contributed by atoms with van der Waals surface area (Å²) in [7, 11) is 0. The molecule has 0 aliphatic carbocycles. The molecule has 0 spiro atoms. The van der Waals surface area contributed by atoms with E-state index in [4.69, 9.17) is 10.5 Å². The highest BCUT2D eigenvalue weighted by atomic mass is 16.6. The van der Waals surface area contributed by atoms with E-state index >= 15 is 0 Å². The van der Waals surface area contributed by atoms with E-state index in [2.05, 4.69) is 10.3 Å². The van der Waals surface area contributed by atoms with Gasteiger partial charge in [0.1, 0.15) is 12.4 Å². The van der Waals surface area contributed by atoms with Crippen molar-refractivity contribution < 1.29 is 9.66 Å². The van der Waals surface area contributed by atoms with Gasteiger partial charge in [0.2, 0.25) is 0 Å². The summed E-state index contributed by atoms with van der Waals surface area (Å²) in [4.78, 5) is 13.6. The van der Waals surface area contributed by atoms with Crippen molar-refractivity contribution in [2.24, 2.45) is 0 Å². The zero-order valence-corrected chi connectivity index (χ0v) is 10.7. The van der Waals surface area contributed by atoms with Crippen LogP contribution in [0.3, 0.4) is 0 Å². The Labute approximate surface area is 115 Å². The average molecular weight is 274 g/mol. The minimum Gasteiger partial charge on any atom is -0.492 e. The lowest BCUT2D eigenvalue weighted by molar-refractivity contribution is -0.389. The second kappa shape index (κ2) is 6.37. The van der Waals surface area contributed by atoms with Crippen molar-refractivity contribution in [2.45, 2.75) is 0 Å². The van der Waals surface area contributed by atoms with Crippen LogP contribution in [0.2, 0.25) is 0 Å². The summed E-state index contributed by atoms with van der Waals surface area (Å²) in [5.41, 5.74) is 6.96. The van der Waals surface area contributed by atoms with Crippen LogP contribution >= 0.6 is 0 Å². The molecule has 7 nitrogen and oxygen atoms in total. The first-order valence-electron chi connectivity index (χ1n) is 5.98. The van der Waals surface area contributed by atoms with E-state index in [-0.39, 0.29) is 5.82 Å². The molecule has 0 aliphatic heterocycles. The zero-order valence-electron chi connectivity index (χ0n) is 10.7. The molecule has 1 heterocycles. The fraction of sp³-hybridized carbons (Fsp3) is 0.154. The van der Waals surface area contributed by atoms with Gasteiger partial charge in [-0.05, 0) is 40.2 Å². The third kappa shape index (κ3) is 3.84. The molecule has 104 valence electrons. The lowest BCUT2D eigenvalue weighted by atomic mass is 10.3. The molecular formula is C13H14N4O3. The maximum atomic E-state index is 10.4. The molecule has 1 aromatic carbocycles. The van der Waals surface area contributed by atoms with Crippen LogP contribution in [0.4, 0.5) is 17.2 Å². The quantitative estimate of drug-likeness (QED) is 0.361. The van der Waals surface area contributed by atoms with Crippen LogP contribution in [0.1, 0.15) is 0 Å². The van der Waals surface area contributed by atoms with E-state index in [1.807, 2.05) is 0 Å². The molecule has 3 N–H and O–H groups in total. The number of hydrogen-bond acceptors (Lipinski definition) is 6. The number of benzene rings is 1. The number of rotatable bonds is 6. The second-order valence-electron chi connectivity index (χ2n) is 4.01. The van der Waals surface area contributed by atoms with Crippen LogP contribution in [0.5, 0.6) is 5.75 Å². The fourth-order valence-electron chi connectivity index (χ4n) is 1.53. The second-order valence-corrected chi connectivity index (χ2v) is 4.01. The zero-order chi connectivity index (χ0) is 14.4. The Morgan fingerprint density at radius 2 is 2.00 bits per heavy atom. The highest BCUT2D eigenvalue weighted by Gasteiger charge is 2.05. The van der Waals surface area contributed by atoms with Crippen LogP contribution in [0.15, 0.2) is 42.6 Å². The average Bonchev–Trinajstić information content (AvgIpc) is 2.46. The van der Waals surface area contributed by atoms with E-state index < -0.39 is 4.92 Å². The van der Waals surface area contributed by atoms with Gasteiger partial charge in [-0.1, -0.05) is 0 Å². The van der Waals surface area contributed by atoms with Gasteiger partial charge in [0.25, 0.3) is 0 Å². The number of nitrogens with one attached hydrogen (secondary N) is 1. The molecule has 0 unspecified atom stereocenters. The van der Waals surface area contributed by atoms with E-state index in [1.165, 1.54) is 12.3 Å². The number of hydrogen-bond donors (Lipinski definition) is 2. The number of nitro groups is 1. The minimum absolute atomic E-state index is 0.173. The third-order valence-electron chi connectivity index (χ3n) is 2.51. The number of nitrogens with zero attached hydrogens (tertiary/aromatic N) is 2. The molecule has 0 saturated carbocycles. The van der Waals surface area contributed by atoms with Gasteiger partial charge in [-0.15, -0.1) is 0 Å². The largest absolute Gasteiger partial charge is 0.492 e. The van der Waals surface area contributed by atoms with Crippen LogP contribution in [-0.4, -0.2) is 23.1 Å². The first-order valence-corrected chi connectivity index (χ1v) is 5.98. The number of anilines is 2. The lowest BCUT2D eigenvalue weighted by Crippen LogP contribution is -2.11. The summed E-state index contributed by atoms with van der Waals surface area (Å²) < 4.78 is 5.50. The van der Waals surface area contributed by atoms with E-state index in [0.29, 0.717) is 24.5 Å². The van der Waals surface area contributed by atoms with Crippen LogP contribution in [-0.2, 0) is 0 Å². The molecule has 0 aliphatic rings. The summed E-state index contributed by atoms with van der Waals surface area (Å²) in [6, 6.07) is 10.1. The third-order valence-corrected chi connectivity index (χ3v) is 2.51. The molecule has 20 heavy (non-hydrogen) atoms. The van der Waals surface area contributed by atoms with Crippen LogP contribution in [0.25, 0.3) is 0 Å². The first kappa shape index (κ1) is 13.6. The Morgan fingerprint density at radius 3 is 2.60 bits per heavy atom. The standard InChI is InChI=1S/C13H14N4O3/c14-10-1-4-12(5-2-10)20-8-7-15-11-3-6-13(16-9-11)17(18)19/h1-6,9,15H,7-8,14H2. The smallest absolute Gasteiger partial charge is 0.363 e. The Morgan fingerprint density at radius 1 is 1.25 bits per heavy atom. The maximum absolute atomic E-state index is 10.4. The SMILES string of the molecule is Nc1ccc(OCCNc2ccc([N+](=O)[O-])nc2)cc1. The molecule has 1 aromatic heterocycles. The van der Waals surface area contributed by atoms with E-state index in [0.717, 1.165) is 5.75 Å². The topological polar surface area (TPSA) is 103 Å². The molecule has 2 rings (SSSR count). The number of pyridine rings is 1. The molecule has 0 bridgehead atoms. The van der Waals surface area contributed by atoms with Gasteiger partial charge in [-0.25, -0.2) is 0 Å². The van der Waals surface area contributed by atoms with Crippen molar-refractivity contribution in [3.63, 3.8) is 0 Å². The van der Waals surface area contributed by atoms with Crippen LogP contribution < -0.4 is 15.8 Å². The molecule has 0 fully saturated rings. The summed E-state index contributed by atoms with van der Waals surface area (Å²) in [6.07, 6.45) is 1.42. The van der Waals surface area contributed by atoms with Crippen molar-refractivity contribution in [2.75, 3.05) is 24.2 Å². The molecule has 0 radical (unpaired) electrons. The van der Waals surface area contributed by atoms with Crippen molar-refractivity contribution in [1.82, 2.24) is 4.98 Å². The Hall–Kier alpha value is -2.83. The first-order chi connectivity index (χ1) is 9.65. The Kier molecular flexibility index (Phi) is 4.33.